The van der Waals surface area contributed by atoms with Gasteiger partial charge in [0.25, 0.3) is 5.91 Å². The summed E-state index contributed by atoms with van der Waals surface area (Å²) in [6.45, 7) is 2.19. The molecular formula is C28H25FN4O3S. The van der Waals surface area contributed by atoms with Crippen LogP contribution in [0.3, 0.4) is 0 Å². The number of amides is 2. The van der Waals surface area contributed by atoms with Crippen molar-refractivity contribution >= 4 is 34.2 Å². The van der Waals surface area contributed by atoms with Gasteiger partial charge >= 0.3 is 6.09 Å². The molecule has 0 bridgehead atoms. The Kier molecular flexibility index (Phi) is 7.14. The summed E-state index contributed by atoms with van der Waals surface area (Å²) in [4.78, 5) is 29.6. The topological polar surface area (TPSA) is 92.3 Å². The molecule has 3 N–H and O–H groups in total. The number of halogens is 1. The maximum atomic E-state index is 14.7. The van der Waals surface area contributed by atoms with Crippen molar-refractivity contribution in [3.05, 3.63) is 95.3 Å². The minimum Gasteiger partial charge on any atom is -0.397 e. The van der Waals surface area contributed by atoms with E-state index in [2.05, 4.69) is 20.9 Å². The second-order valence-corrected chi connectivity index (χ2v) is 9.73. The molecule has 0 atom stereocenters. The van der Waals surface area contributed by atoms with Crippen LogP contribution in [-0.2, 0) is 6.54 Å². The van der Waals surface area contributed by atoms with E-state index in [1.165, 1.54) is 6.07 Å². The Morgan fingerprint density at radius 3 is 2.57 bits per heavy atom. The zero-order valence-electron chi connectivity index (χ0n) is 20.1. The van der Waals surface area contributed by atoms with E-state index >= 15 is 0 Å². The predicted octanol–water partition coefficient (Wildman–Crippen LogP) is 6.18. The van der Waals surface area contributed by atoms with E-state index in [1.54, 1.807) is 30.3 Å². The van der Waals surface area contributed by atoms with E-state index in [0.29, 0.717) is 16.4 Å². The molecule has 5 rings (SSSR count). The van der Waals surface area contributed by atoms with Crippen molar-refractivity contribution in [1.82, 2.24) is 15.6 Å². The predicted molar refractivity (Wildman–Crippen MR) is 142 cm³/mol. The number of hydrogen-bond donors (Lipinski definition) is 3. The summed E-state index contributed by atoms with van der Waals surface area (Å²) in [5, 5.41) is 9.45. The second-order valence-electron chi connectivity index (χ2n) is 8.77. The monoisotopic (exact) mass is 516 g/mol. The van der Waals surface area contributed by atoms with Gasteiger partial charge in [0.1, 0.15) is 11.5 Å². The molecule has 0 spiro atoms. The van der Waals surface area contributed by atoms with Gasteiger partial charge in [0.05, 0.1) is 0 Å². The average Bonchev–Trinajstić information content (AvgIpc) is 3.63. The molecule has 4 aromatic rings. The van der Waals surface area contributed by atoms with Crippen molar-refractivity contribution in [2.75, 3.05) is 5.32 Å². The lowest BCUT2D eigenvalue weighted by molar-refractivity contribution is 0.0951. The van der Waals surface area contributed by atoms with E-state index in [0.717, 1.165) is 35.3 Å². The van der Waals surface area contributed by atoms with Crippen molar-refractivity contribution in [3.63, 3.8) is 0 Å². The lowest BCUT2D eigenvalue weighted by Gasteiger charge is -2.10. The van der Waals surface area contributed by atoms with Crippen LogP contribution < -0.4 is 20.7 Å². The fraction of sp³-hybridized carbons (Fsp3) is 0.179. The highest BCUT2D eigenvalue weighted by molar-refractivity contribution is 7.18. The number of nitrogens with zero attached hydrogens (tertiary/aromatic N) is 1. The van der Waals surface area contributed by atoms with Gasteiger partial charge in [-0.1, -0.05) is 59.9 Å². The van der Waals surface area contributed by atoms with Crippen LogP contribution in [0.5, 0.6) is 5.06 Å². The fourth-order valence-corrected chi connectivity index (χ4v) is 4.50. The minimum atomic E-state index is -0.674. The molecule has 1 aliphatic rings. The van der Waals surface area contributed by atoms with Gasteiger partial charge in [0.2, 0.25) is 5.06 Å². The Morgan fingerprint density at radius 1 is 1.05 bits per heavy atom. The molecular weight excluding hydrogens is 491 g/mol. The van der Waals surface area contributed by atoms with Crippen LogP contribution in [-0.4, -0.2) is 23.0 Å². The minimum absolute atomic E-state index is 0.129. The number of aryl methyl sites for hydroxylation is 1. The third-order valence-corrected chi connectivity index (χ3v) is 6.69. The Morgan fingerprint density at radius 2 is 1.81 bits per heavy atom. The largest absolute Gasteiger partial charge is 0.413 e. The Hall–Kier alpha value is -4.24. The molecule has 188 valence electrons. The van der Waals surface area contributed by atoms with Crippen LogP contribution in [0.1, 0.15) is 34.3 Å². The molecule has 7 nitrogen and oxygen atoms in total. The molecule has 1 saturated carbocycles. The number of nitrogens with one attached hydrogen (secondary N) is 3. The number of benzene rings is 3. The molecule has 0 unspecified atom stereocenters. The van der Waals surface area contributed by atoms with Crippen molar-refractivity contribution in [1.29, 1.82) is 0 Å². The van der Waals surface area contributed by atoms with Gasteiger partial charge in [-0.25, -0.2) is 14.2 Å². The number of hydrogen-bond acceptors (Lipinski definition) is 6. The molecule has 0 aliphatic heterocycles. The SMILES string of the molecule is Cc1ccc(C(=O)NC2CC2)cc1Nc1nc(-c2ccccc2F)c(OC(=O)NCc2ccccc2)s1. The summed E-state index contributed by atoms with van der Waals surface area (Å²) >= 11 is 1.08. The van der Waals surface area contributed by atoms with Gasteiger partial charge in [0.15, 0.2) is 5.13 Å². The fourth-order valence-electron chi connectivity index (χ4n) is 3.65. The van der Waals surface area contributed by atoms with Crippen molar-refractivity contribution in [2.45, 2.75) is 32.4 Å². The van der Waals surface area contributed by atoms with Crippen molar-refractivity contribution in [3.8, 4) is 16.3 Å². The van der Waals surface area contributed by atoms with Crippen LogP contribution in [0.4, 0.5) is 20.0 Å². The zero-order chi connectivity index (χ0) is 25.8. The van der Waals surface area contributed by atoms with Gasteiger partial charge in [-0.15, -0.1) is 0 Å². The molecule has 0 radical (unpaired) electrons. The lowest BCUT2D eigenvalue weighted by Crippen LogP contribution is -2.26. The normalized spacial score (nSPS) is 12.6. The molecule has 1 fully saturated rings. The summed E-state index contributed by atoms with van der Waals surface area (Å²) in [6, 6.07) is 21.2. The van der Waals surface area contributed by atoms with E-state index < -0.39 is 11.9 Å². The lowest BCUT2D eigenvalue weighted by atomic mass is 10.1. The molecule has 1 heterocycles. The number of aromatic nitrogens is 1. The number of carbonyl (C=O) groups is 2. The smallest absolute Gasteiger partial charge is 0.397 e. The summed E-state index contributed by atoms with van der Waals surface area (Å²) in [7, 11) is 0. The van der Waals surface area contributed by atoms with Crippen molar-refractivity contribution < 1.29 is 18.7 Å². The number of ether oxygens (including phenoxy) is 1. The molecule has 0 saturated heterocycles. The van der Waals surface area contributed by atoms with Gasteiger partial charge in [0, 0.05) is 29.4 Å². The zero-order valence-corrected chi connectivity index (χ0v) is 20.9. The first-order valence-electron chi connectivity index (χ1n) is 11.9. The summed E-state index contributed by atoms with van der Waals surface area (Å²) < 4.78 is 20.2. The highest BCUT2D eigenvalue weighted by Gasteiger charge is 2.24. The van der Waals surface area contributed by atoms with E-state index in [-0.39, 0.29) is 34.8 Å². The van der Waals surface area contributed by atoms with E-state index in [4.69, 9.17) is 4.74 Å². The number of carbonyl (C=O) groups excluding carboxylic acids is 2. The average molecular weight is 517 g/mol. The van der Waals surface area contributed by atoms with Crippen molar-refractivity contribution in [2.24, 2.45) is 0 Å². The highest BCUT2D eigenvalue weighted by Crippen LogP contribution is 2.40. The highest BCUT2D eigenvalue weighted by atomic mass is 32.1. The van der Waals surface area contributed by atoms with E-state index in [1.807, 2.05) is 43.3 Å². The van der Waals surface area contributed by atoms with Crippen LogP contribution >= 0.6 is 11.3 Å². The second kappa shape index (κ2) is 10.8. The Bertz CT molecular complexity index is 1440. The molecule has 3 aromatic carbocycles. The molecule has 1 aliphatic carbocycles. The first-order chi connectivity index (χ1) is 18.0. The summed E-state index contributed by atoms with van der Waals surface area (Å²) in [5.41, 5.74) is 3.45. The van der Waals surface area contributed by atoms with E-state index in [9.17, 15) is 14.0 Å². The first-order valence-corrected chi connectivity index (χ1v) is 12.7. The Balaban J connectivity index is 1.39. The third-order valence-electron chi connectivity index (χ3n) is 5.84. The van der Waals surface area contributed by atoms with Gasteiger partial charge in [-0.3, -0.25) is 4.79 Å². The van der Waals surface area contributed by atoms with Crippen LogP contribution in [0.15, 0.2) is 72.8 Å². The van der Waals surface area contributed by atoms with Crippen LogP contribution in [0, 0.1) is 12.7 Å². The standard InChI is InChI=1S/C28H25FN4O3S/c1-17-11-12-19(25(34)31-20-13-14-20)15-23(17)32-27-33-24(21-9-5-6-10-22(21)29)26(37-27)36-28(35)30-16-18-7-3-2-4-8-18/h2-12,15,20H,13-14,16H2,1H3,(H,30,35)(H,31,34)(H,32,33). The maximum absolute atomic E-state index is 14.7. The molecule has 1 aromatic heterocycles. The number of anilines is 2. The van der Waals surface area contributed by atoms with Gasteiger partial charge in [-0.05, 0) is 55.2 Å². The van der Waals surface area contributed by atoms with Gasteiger partial charge in [-0.2, -0.15) is 0 Å². The number of rotatable bonds is 8. The van der Waals surface area contributed by atoms with Crippen LogP contribution in [0.2, 0.25) is 0 Å². The maximum Gasteiger partial charge on any atom is 0.413 e. The molecule has 9 heteroatoms. The Labute approximate surface area is 217 Å². The quantitative estimate of drug-likeness (QED) is 0.260. The van der Waals surface area contributed by atoms with Gasteiger partial charge < -0.3 is 20.7 Å². The third kappa shape index (κ3) is 6.13. The molecule has 2 amide bonds. The summed E-state index contributed by atoms with van der Waals surface area (Å²) in [5.74, 6) is -0.611. The molecule has 37 heavy (non-hydrogen) atoms. The number of thiazole rings is 1. The van der Waals surface area contributed by atoms with Crippen LogP contribution in [0.25, 0.3) is 11.3 Å². The first kappa shape index (κ1) is 24.5. The summed E-state index contributed by atoms with van der Waals surface area (Å²) in [6.07, 6.45) is 1.33.